The van der Waals surface area contributed by atoms with Gasteiger partial charge < -0.3 is 14.8 Å². The van der Waals surface area contributed by atoms with Gasteiger partial charge in [0.15, 0.2) is 0 Å². The molecule has 1 aromatic carbocycles. The van der Waals surface area contributed by atoms with E-state index < -0.39 is 11.0 Å². The van der Waals surface area contributed by atoms with E-state index >= 15 is 0 Å². The van der Waals surface area contributed by atoms with Crippen molar-refractivity contribution in [1.82, 2.24) is 19.9 Å². The lowest BCUT2D eigenvalue weighted by molar-refractivity contribution is 0.209. The van der Waals surface area contributed by atoms with Crippen LogP contribution in [0.1, 0.15) is 12.6 Å². The summed E-state index contributed by atoms with van der Waals surface area (Å²) in [4.78, 5) is 18.0. The van der Waals surface area contributed by atoms with Gasteiger partial charge in [-0.05, 0) is 30.3 Å². The van der Waals surface area contributed by atoms with Crippen molar-refractivity contribution in [2.75, 3.05) is 18.1 Å². The van der Waals surface area contributed by atoms with Gasteiger partial charge in [0.2, 0.25) is 0 Å². The van der Waals surface area contributed by atoms with Crippen molar-refractivity contribution >= 4 is 22.7 Å². The highest BCUT2D eigenvalue weighted by Gasteiger charge is 2.25. The monoisotopic (exact) mass is 464 g/mol. The number of pyridine rings is 1. The molecule has 9 nitrogen and oxygen atoms in total. The van der Waals surface area contributed by atoms with Crippen molar-refractivity contribution in [2.24, 2.45) is 5.92 Å². The number of rotatable bonds is 9. The van der Waals surface area contributed by atoms with Crippen LogP contribution in [0.25, 0.3) is 0 Å². The van der Waals surface area contributed by atoms with Gasteiger partial charge in [-0.1, -0.05) is 20.1 Å². The molecule has 2 heterocycles. The fourth-order valence-electron chi connectivity index (χ4n) is 2.96. The smallest absolute Gasteiger partial charge is 0.327 e. The Morgan fingerprint density at radius 2 is 2.06 bits per heavy atom. The van der Waals surface area contributed by atoms with E-state index in [0.29, 0.717) is 35.3 Å². The van der Waals surface area contributed by atoms with Gasteiger partial charge in [0.25, 0.3) is 0 Å². The highest BCUT2D eigenvalue weighted by atomic mass is 32.2. The molecule has 33 heavy (non-hydrogen) atoms. The van der Waals surface area contributed by atoms with Crippen molar-refractivity contribution in [3.63, 3.8) is 0 Å². The predicted molar refractivity (Wildman–Crippen MR) is 127 cm³/mol. The zero-order valence-electron chi connectivity index (χ0n) is 18.3. The summed E-state index contributed by atoms with van der Waals surface area (Å²) in [7, 11) is -1.22. The molecule has 3 N–H and O–H groups in total. The summed E-state index contributed by atoms with van der Waals surface area (Å²) in [5.74, 6) is 1.46. The summed E-state index contributed by atoms with van der Waals surface area (Å²) >= 11 is 0. The molecule has 1 aliphatic rings. The second-order valence-electron chi connectivity index (χ2n) is 7.31. The molecular weight excluding hydrogens is 440 g/mol. The molecule has 1 unspecified atom stereocenters. The number of urea groups is 1. The summed E-state index contributed by atoms with van der Waals surface area (Å²) in [5, 5.41) is 14.9. The number of ether oxygens (including phenoxy) is 1. The van der Waals surface area contributed by atoms with Crippen molar-refractivity contribution < 1.29 is 13.7 Å². The van der Waals surface area contributed by atoms with Gasteiger partial charge in [0.1, 0.15) is 40.1 Å². The number of anilines is 1. The zero-order valence-corrected chi connectivity index (χ0v) is 19.1. The van der Waals surface area contributed by atoms with E-state index in [2.05, 4.69) is 33.5 Å². The minimum atomic E-state index is -1.22. The van der Waals surface area contributed by atoms with Crippen LogP contribution in [0.2, 0.25) is 0 Å². The normalized spacial score (nSPS) is 14.9. The van der Waals surface area contributed by atoms with Crippen LogP contribution in [0.4, 0.5) is 10.5 Å². The number of hydrogen-bond donors (Lipinski definition) is 3. The third kappa shape index (κ3) is 6.44. The number of amides is 2. The zero-order chi connectivity index (χ0) is 24.0. The minimum absolute atomic E-state index is 0.128. The van der Waals surface area contributed by atoms with Crippen LogP contribution in [0.3, 0.4) is 0 Å². The van der Waals surface area contributed by atoms with Gasteiger partial charge in [0.05, 0.1) is 0 Å². The van der Waals surface area contributed by atoms with Gasteiger partial charge in [-0.3, -0.25) is 10.2 Å². The van der Waals surface area contributed by atoms with Crippen LogP contribution in [-0.4, -0.2) is 32.9 Å². The van der Waals surface area contributed by atoms with E-state index in [1.807, 2.05) is 13.0 Å². The molecular formula is C23H24N6O3S. The molecule has 2 atom stereocenters. The molecule has 3 rings (SSSR count). The highest BCUT2D eigenvalue weighted by molar-refractivity contribution is 7.82. The third-order valence-corrected chi connectivity index (χ3v) is 5.24. The van der Waals surface area contributed by atoms with E-state index in [4.69, 9.17) is 10.00 Å². The Labute approximate surface area is 195 Å². The van der Waals surface area contributed by atoms with E-state index in [1.165, 1.54) is 17.4 Å². The van der Waals surface area contributed by atoms with Gasteiger partial charge in [-0.25, -0.2) is 14.0 Å². The van der Waals surface area contributed by atoms with E-state index in [-0.39, 0.29) is 17.6 Å². The molecule has 0 aliphatic carbocycles. The van der Waals surface area contributed by atoms with Crippen molar-refractivity contribution in [3.8, 4) is 17.6 Å². The van der Waals surface area contributed by atoms with Crippen LogP contribution in [0, 0.1) is 17.2 Å². The number of carbonyl (C=O) groups excluding carboxylic acids is 1. The molecule has 0 spiro atoms. The lowest BCUT2D eigenvalue weighted by atomic mass is 10.1. The average Bonchev–Trinajstić information content (AvgIpc) is 2.77. The molecule has 10 heteroatoms. The van der Waals surface area contributed by atoms with Gasteiger partial charge >= 0.3 is 6.03 Å². The van der Waals surface area contributed by atoms with E-state index in [1.54, 1.807) is 42.5 Å². The average molecular weight is 465 g/mol. The maximum Gasteiger partial charge on any atom is 0.327 e. The summed E-state index contributed by atoms with van der Waals surface area (Å²) in [6.45, 7) is 10.1. The maximum absolute atomic E-state index is 12.6. The highest BCUT2D eigenvalue weighted by Crippen LogP contribution is 2.24. The number of hydrogen-bond acceptors (Lipinski definition) is 6. The van der Waals surface area contributed by atoms with Gasteiger partial charge in [0, 0.05) is 54.1 Å². The van der Waals surface area contributed by atoms with Crippen molar-refractivity contribution in [1.29, 1.82) is 5.26 Å². The molecule has 170 valence electrons. The maximum atomic E-state index is 12.6. The Balaban J connectivity index is 1.61. The lowest BCUT2D eigenvalue weighted by Gasteiger charge is -2.31. The summed E-state index contributed by atoms with van der Waals surface area (Å²) in [5.41, 5.74) is 2.11. The summed E-state index contributed by atoms with van der Waals surface area (Å²) < 4.78 is 19.8. The molecule has 0 saturated heterocycles. The third-order valence-electron chi connectivity index (χ3n) is 4.69. The Hall–Kier alpha value is -4.10. The molecule has 1 aromatic heterocycles. The van der Waals surface area contributed by atoms with Crippen molar-refractivity contribution in [3.05, 3.63) is 84.7 Å². The first kappa shape index (κ1) is 23.6. The molecule has 0 fully saturated rings. The summed E-state index contributed by atoms with van der Waals surface area (Å²) in [6.07, 6.45) is 4.76. The number of benzene rings is 1. The van der Waals surface area contributed by atoms with Gasteiger partial charge in [-0.2, -0.15) is 5.26 Å². The number of allylic oxidation sites excluding steroid dienone is 1. The predicted octanol–water partition coefficient (Wildman–Crippen LogP) is 3.57. The first-order valence-corrected chi connectivity index (χ1v) is 11.5. The Kier molecular flexibility index (Phi) is 7.48. The Bertz CT molecular complexity index is 1170. The largest absolute Gasteiger partial charge is 0.457 e. The molecule has 2 aromatic rings. The standard InChI is InChI=1S/C23H24N6O3S/c1-15(17(3)28-33(4)31)14-29-16(2)11-22(27-23(29)30)26-18-5-7-20(8-6-18)32-21-9-10-25-19(12-21)13-24/h5-12,15,26,28H,2-3,14H2,1,4H3,(H,27,30)/t15-,33?/m0/s1. The van der Waals surface area contributed by atoms with Crippen LogP contribution in [0.5, 0.6) is 11.5 Å². The number of nitriles is 1. The molecule has 0 bridgehead atoms. The Morgan fingerprint density at radius 3 is 2.70 bits per heavy atom. The number of aromatic nitrogens is 1. The SMILES string of the molecule is C=C(NS(C)=O)[C@@H](C)CN1C(=C)C=C(Nc2ccc(Oc3ccnc(C#N)c3)cc2)NC1=O. The van der Waals surface area contributed by atoms with Crippen molar-refractivity contribution in [2.45, 2.75) is 6.92 Å². The fraction of sp³-hybridized carbons (Fsp3) is 0.174. The number of nitrogens with zero attached hydrogens (tertiary/aromatic N) is 3. The second-order valence-corrected chi connectivity index (χ2v) is 8.42. The fourth-order valence-corrected chi connectivity index (χ4v) is 3.53. The van der Waals surface area contributed by atoms with Crippen LogP contribution in [-0.2, 0) is 11.0 Å². The summed E-state index contributed by atoms with van der Waals surface area (Å²) in [6, 6.07) is 12.0. The minimum Gasteiger partial charge on any atom is -0.457 e. The Morgan fingerprint density at radius 1 is 1.33 bits per heavy atom. The molecule has 0 radical (unpaired) electrons. The second kappa shape index (κ2) is 10.5. The van der Waals surface area contributed by atoms with Crippen LogP contribution < -0.4 is 20.1 Å². The van der Waals surface area contributed by atoms with Gasteiger partial charge in [-0.15, -0.1) is 0 Å². The first-order chi connectivity index (χ1) is 15.7. The molecule has 0 saturated carbocycles. The number of carbonyl (C=O) groups is 1. The molecule has 2 amide bonds. The quantitative estimate of drug-likeness (QED) is 0.522. The lowest BCUT2D eigenvalue weighted by Crippen LogP contribution is -2.45. The first-order valence-electron chi connectivity index (χ1n) is 9.94. The number of nitrogens with one attached hydrogen (secondary N) is 3. The van der Waals surface area contributed by atoms with Crippen LogP contribution in [0.15, 0.2) is 79.0 Å². The van der Waals surface area contributed by atoms with E-state index in [0.717, 1.165) is 5.69 Å². The van der Waals surface area contributed by atoms with E-state index in [9.17, 15) is 9.00 Å². The topological polar surface area (TPSA) is 119 Å². The van der Waals surface area contributed by atoms with Crippen LogP contribution >= 0.6 is 0 Å². The molecule has 1 aliphatic heterocycles.